The molecule has 4 saturated carbocycles. The standard InChI is InChI=1S/C58H48N4/c1-57(2)48-21-10-9-20-46(48)47-26-24-42(35-50(47)57)56-60-54(38-14-5-3-6-15-38)59-55(61-56)41-17-13-16-39(33-41)40-25-27-53-51(34-40)58(43-29-36-28-37(31-43)32-44(58)30-36)49-22-11-12-23-52(49)62(53)45-18-7-4-8-19-45/h3-27,33-37,43-44H,28-32H2,1-2H3. The van der Waals surface area contributed by atoms with E-state index in [-0.39, 0.29) is 10.8 Å². The summed E-state index contributed by atoms with van der Waals surface area (Å²) >= 11 is 0. The molecular formula is C58H48N4. The fraction of sp³-hybridized carbons (Fsp3) is 0.224. The van der Waals surface area contributed by atoms with E-state index in [1.807, 2.05) is 6.07 Å². The average molecular weight is 801 g/mol. The molecule has 0 saturated heterocycles. The van der Waals surface area contributed by atoms with Crippen LogP contribution in [0, 0.1) is 23.7 Å². The highest BCUT2D eigenvalue weighted by Gasteiger charge is 2.61. The molecule has 1 spiro atoms. The Hall–Kier alpha value is -6.65. The third-order valence-electron chi connectivity index (χ3n) is 15.7. The molecule has 14 rings (SSSR count). The summed E-state index contributed by atoms with van der Waals surface area (Å²) in [5.41, 5.74) is 17.4. The van der Waals surface area contributed by atoms with Crippen LogP contribution in [-0.4, -0.2) is 15.0 Å². The number of fused-ring (bicyclic) bond motifs is 5. The fourth-order valence-corrected chi connectivity index (χ4v) is 13.2. The number of nitrogens with zero attached hydrogens (tertiary/aromatic N) is 4. The van der Waals surface area contributed by atoms with Crippen LogP contribution in [0.15, 0.2) is 170 Å². The largest absolute Gasteiger partial charge is 0.310 e. The maximum Gasteiger partial charge on any atom is 0.164 e. The van der Waals surface area contributed by atoms with Crippen LogP contribution in [0.25, 0.3) is 56.4 Å². The predicted molar refractivity (Wildman–Crippen MR) is 252 cm³/mol. The van der Waals surface area contributed by atoms with Gasteiger partial charge in [-0.25, -0.2) is 15.0 Å². The van der Waals surface area contributed by atoms with Crippen molar-refractivity contribution in [3.63, 3.8) is 0 Å². The second-order valence-corrected chi connectivity index (χ2v) is 19.3. The van der Waals surface area contributed by atoms with Crippen molar-refractivity contribution in [1.82, 2.24) is 15.0 Å². The minimum atomic E-state index is -0.126. The molecule has 62 heavy (non-hydrogen) atoms. The quantitative estimate of drug-likeness (QED) is 0.174. The van der Waals surface area contributed by atoms with Crippen LogP contribution in [0.3, 0.4) is 0 Å². The fourth-order valence-electron chi connectivity index (χ4n) is 13.2. The van der Waals surface area contributed by atoms with Crippen LogP contribution >= 0.6 is 0 Å². The molecule has 0 N–H and O–H groups in total. The lowest BCUT2D eigenvalue weighted by atomic mass is 9.41. The Kier molecular flexibility index (Phi) is 7.80. The number of rotatable bonds is 5. The second kappa shape index (κ2) is 13.4. The van der Waals surface area contributed by atoms with Gasteiger partial charge in [-0.1, -0.05) is 141 Å². The highest BCUT2D eigenvalue weighted by molar-refractivity contribution is 5.89. The van der Waals surface area contributed by atoms with Crippen molar-refractivity contribution in [2.24, 2.45) is 23.7 Å². The molecule has 0 unspecified atom stereocenters. The summed E-state index contributed by atoms with van der Waals surface area (Å²) in [7, 11) is 0. The first-order valence-electron chi connectivity index (χ1n) is 22.7. The van der Waals surface area contributed by atoms with Gasteiger partial charge in [0.25, 0.3) is 0 Å². The normalized spacial score (nSPS) is 23.2. The summed E-state index contributed by atoms with van der Waals surface area (Å²) in [6.07, 6.45) is 6.79. The van der Waals surface area contributed by atoms with Gasteiger partial charge in [-0.05, 0) is 143 Å². The van der Waals surface area contributed by atoms with Gasteiger partial charge in [0.1, 0.15) is 0 Å². The molecule has 5 aliphatic carbocycles. The monoisotopic (exact) mass is 800 g/mol. The molecule has 1 aromatic heterocycles. The Balaban J connectivity index is 0.958. The molecular weight excluding hydrogens is 753 g/mol. The molecule has 2 heterocycles. The molecule has 0 radical (unpaired) electrons. The maximum absolute atomic E-state index is 5.28. The van der Waals surface area contributed by atoms with Crippen molar-refractivity contribution < 1.29 is 0 Å². The average Bonchev–Trinajstić information content (AvgIpc) is 3.55. The Morgan fingerprint density at radius 2 is 0.919 bits per heavy atom. The third-order valence-corrected chi connectivity index (χ3v) is 15.7. The molecule has 1 aliphatic heterocycles. The number of hydrogen-bond acceptors (Lipinski definition) is 4. The van der Waals surface area contributed by atoms with E-state index in [1.54, 1.807) is 0 Å². The van der Waals surface area contributed by atoms with Gasteiger partial charge in [0, 0.05) is 33.2 Å². The lowest BCUT2D eigenvalue weighted by Crippen LogP contribution is -2.57. The van der Waals surface area contributed by atoms with E-state index >= 15 is 0 Å². The summed E-state index contributed by atoms with van der Waals surface area (Å²) in [4.78, 5) is 18.2. The third kappa shape index (κ3) is 5.22. The number of aromatic nitrogens is 3. The minimum absolute atomic E-state index is 0.00224. The first-order valence-corrected chi connectivity index (χ1v) is 22.7. The van der Waals surface area contributed by atoms with Crippen molar-refractivity contribution in [2.75, 3.05) is 4.90 Å². The zero-order valence-corrected chi connectivity index (χ0v) is 35.3. The van der Waals surface area contributed by atoms with Gasteiger partial charge in [0.05, 0.1) is 11.4 Å². The number of para-hydroxylation sites is 2. The molecule has 4 nitrogen and oxygen atoms in total. The van der Waals surface area contributed by atoms with E-state index in [9.17, 15) is 0 Å². The van der Waals surface area contributed by atoms with Gasteiger partial charge in [0.2, 0.25) is 0 Å². The molecule has 4 bridgehead atoms. The summed E-state index contributed by atoms with van der Waals surface area (Å²) in [6.45, 7) is 4.65. The Bertz CT molecular complexity index is 3050. The summed E-state index contributed by atoms with van der Waals surface area (Å²) < 4.78 is 0. The van der Waals surface area contributed by atoms with Crippen LogP contribution in [0.1, 0.15) is 68.2 Å². The summed E-state index contributed by atoms with van der Waals surface area (Å²) in [6, 6.07) is 62.5. The summed E-state index contributed by atoms with van der Waals surface area (Å²) in [5.74, 6) is 5.09. The predicted octanol–water partition coefficient (Wildman–Crippen LogP) is 14.4. The SMILES string of the molecule is CC1(C)c2ccccc2-c2ccc(-c3nc(-c4ccccc4)nc(-c4cccc(-c5ccc6c(c5)C5(c7ccccc7N6c6ccccc6)C6CC7CC(C6)CC5C7)c4)n3)cc21. The molecule has 4 fully saturated rings. The van der Waals surface area contributed by atoms with Crippen molar-refractivity contribution in [1.29, 1.82) is 0 Å². The number of benzene rings is 7. The smallest absolute Gasteiger partial charge is 0.164 e. The van der Waals surface area contributed by atoms with Gasteiger partial charge >= 0.3 is 0 Å². The second-order valence-electron chi connectivity index (χ2n) is 19.3. The molecule has 6 aliphatic rings. The first kappa shape index (κ1) is 36.0. The van der Waals surface area contributed by atoms with Gasteiger partial charge in [-0.2, -0.15) is 0 Å². The van der Waals surface area contributed by atoms with Crippen LogP contribution < -0.4 is 4.90 Å². The van der Waals surface area contributed by atoms with Crippen LogP contribution in [0.5, 0.6) is 0 Å². The Labute approximate surface area is 364 Å². The van der Waals surface area contributed by atoms with Gasteiger partial charge in [-0.15, -0.1) is 0 Å². The van der Waals surface area contributed by atoms with Gasteiger partial charge in [-0.3, -0.25) is 0 Å². The van der Waals surface area contributed by atoms with Gasteiger partial charge in [0.15, 0.2) is 17.5 Å². The Morgan fingerprint density at radius 3 is 1.66 bits per heavy atom. The molecule has 4 heteroatoms. The van der Waals surface area contributed by atoms with Crippen molar-refractivity contribution in [3.8, 4) is 56.4 Å². The van der Waals surface area contributed by atoms with Crippen LogP contribution in [0.4, 0.5) is 17.1 Å². The Morgan fingerprint density at radius 1 is 0.403 bits per heavy atom. The van der Waals surface area contributed by atoms with Crippen LogP contribution in [-0.2, 0) is 10.8 Å². The lowest BCUT2D eigenvalue weighted by molar-refractivity contribution is -0.0419. The molecule has 7 aromatic carbocycles. The zero-order chi connectivity index (χ0) is 41.2. The lowest BCUT2D eigenvalue weighted by Gasteiger charge is -2.64. The van der Waals surface area contributed by atoms with E-state index in [0.717, 1.165) is 28.5 Å². The van der Waals surface area contributed by atoms with Crippen molar-refractivity contribution in [2.45, 2.75) is 56.8 Å². The number of hydrogen-bond donors (Lipinski definition) is 0. The molecule has 8 aromatic rings. The molecule has 0 amide bonds. The topological polar surface area (TPSA) is 41.9 Å². The van der Waals surface area contributed by atoms with E-state index in [2.05, 4.69) is 183 Å². The number of anilines is 3. The van der Waals surface area contributed by atoms with Crippen LogP contribution in [0.2, 0.25) is 0 Å². The molecule has 0 atom stereocenters. The summed E-state index contributed by atoms with van der Waals surface area (Å²) in [5, 5.41) is 0. The first-order chi connectivity index (χ1) is 30.4. The van der Waals surface area contributed by atoms with E-state index in [1.165, 1.54) is 93.7 Å². The zero-order valence-electron chi connectivity index (χ0n) is 35.3. The van der Waals surface area contributed by atoms with E-state index < -0.39 is 0 Å². The molecule has 300 valence electrons. The highest BCUT2D eigenvalue weighted by atomic mass is 15.2. The van der Waals surface area contributed by atoms with Crippen molar-refractivity contribution >= 4 is 17.1 Å². The van der Waals surface area contributed by atoms with Gasteiger partial charge < -0.3 is 4.90 Å². The highest BCUT2D eigenvalue weighted by Crippen LogP contribution is 2.69. The van der Waals surface area contributed by atoms with E-state index in [0.29, 0.717) is 29.3 Å². The van der Waals surface area contributed by atoms with E-state index in [4.69, 9.17) is 15.0 Å². The van der Waals surface area contributed by atoms with Crippen molar-refractivity contribution in [3.05, 3.63) is 192 Å². The minimum Gasteiger partial charge on any atom is -0.310 e. The maximum atomic E-state index is 5.28.